The van der Waals surface area contributed by atoms with Gasteiger partial charge in [-0.05, 0) is 48.4 Å². The number of carbonyl (C=O) groups is 2. The summed E-state index contributed by atoms with van der Waals surface area (Å²) in [6.45, 7) is 2.00. The summed E-state index contributed by atoms with van der Waals surface area (Å²) in [7, 11) is 1.55. The van der Waals surface area contributed by atoms with Crippen molar-refractivity contribution in [3.63, 3.8) is 0 Å². The van der Waals surface area contributed by atoms with E-state index < -0.39 is 11.9 Å². The highest BCUT2D eigenvalue weighted by Gasteiger charge is 2.40. The number of aliphatic carboxylic acids is 1. The Kier molecular flexibility index (Phi) is 4.93. The Morgan fingerprint density at radius 2 is 1.96 bits per heavy atom. The van der Waals surface area contributed by atoms with Gasteiger partial charge < -0.3 is 14.7 Å². The smallest absolute Gasteiger partial charge is 0.308 e. The van der Waals surface area contributed by atoms with Crippen molar-refractivity contribution < 1.29 is 23.8 Å². The molecule has 1 amide bonds. The quantitative estimate of drug-likeness (QED) is 0.913. The van der Waals surface area contributed by atoms with Crippen molar-refractivity contribution in [3.05, 3.63) is 65.0 Å². The molecule has 0 saturated carbocycles. The SMILES string of the molecule is COc1cccc([C@@H]2CN(C(=O)c3ccc(F)c(C)c3)C[C@H]2C(=O)O)c1. The van der Waals surface area contributed by atoms with E-state index >= 15 is 0 Å². The molecule has 0 aliphatic carbocycles. The van der Waals surface area contributed by atoms with Gasteiger partial charge in [0.1, 0.15) is 11.6 Å². The van der Waals surface area contributed by atoms with Gasteiger partial charge in [0.15, 0.2) is 0 Å². The fourth-order valence-electron chi connectivity index (χ4n) is 3.39. The van der Waals surface area contributed by atoms with Crippen LogP contribution in [0.3, 0.4) is 0 Å². The first kappa shape index (κ1) is 17.9. The molecular formula is C20H20FNO4. The summed E-state index contributed by atoms with van der Waals surface area (Å²) in [5.41, 5.74) is 1.57. The number of halogens is 1. The third-order valence-electron chi connectivity index (χ3n) is 4.85. The molecular weight excluding hydrogens is 337 g/mol. The van der Waals surface area contributed by atoms with Crippen LogP contribution < -0.4 is 4.74 Å². The number of nitrogens with zero attached hydrogens (tertiary/aromatic N) is 1. The Morgan fingerprint density at radius 1 is 1.19 bits per heavy atom. The summed E-state index contributed by atoms with van der Waals surface area (Å²) >= 11 is 0. The molecule has 1 aliphatic rings. The first-order valence-electron chi connectivity index (χ1n) is 8.33. The van der Waals surface area contributed by atoms with E-state index in [2.05, 4.69) is 0 Å². The van der Waals surface area contributed by atoms with Crippen LogP contribution in [0, 0.1) is 18.7 Å². The lowest BCUT2D eigenvalue weighted by atomic mass is 9.89. The van der Waals surface area contributed by atoms with Crippen molar-refractivity contribution >= 4 is 11.9 Å². The number of methoxy groups -OCH3 is 1. The maximum Gasteiger partial charge on any atom is 0.308 e. The molecule has 26 heavy (non-hydrogen) atoms. The van der Waals surface area contributed by atoms with Crippen LogP contribution >= 0.6 is 0 Å². The van der Waals surface area contributed by atoms with Crippen LogP contribution in [-0.4, -0.2) is 42.1 Å². The topological polar surface area (TPSA) is 66.8 Å². The third kappa shape index (κ3) is 3.40. The predicted molar refractivity (Wildman–Crippen MR) is 93.9 cm³/mol. The predicted octanol–water partition coefficient (Wildman–Crippen LogP) is 3.08. The minimum absolute atomic E-state index is 0.118. The highest BCUT2D eigenvalue weighted by molar-refractivity contribution is 5.95. The Bertz CT molecular complexity index is 851. The number of likely N-dealkylation sites (tertiary alicyclic amines) is 1. The lowest BCUT2D eigenvalue weighted by Gasteiger charge is -2.17. The summed E-state index contributed by atoms with van der Waals surface area (Å²) in [4.78, 5) is 26.0. The van der Waals surface area contributed by atoms with Crippen LogP contribution in [0.1, 0.15) is 27.4 Å². The molecule has 136 valence electrons. The number of aryl methyl sites for hydroxylation is 1. The average molecular weight is 357 g/mol. The molecule has 1 saturated heterocycles. The van der Waals surface area contributed by atoms with E-state index in [9.17, 15) is 19.1 Å². The van der Waals surface area contributed by atoms with Crippen molar-refractivity contribution in [2.45, 2.75) is 12.8 Å². The molecule has 5 nitrogen and oxygen atoms in total. The Labute approximate surface area is 151 Å². The maximum atomic E-state index is 13.4. The van der Waals surface area contributed by atoms with Crippen molar-refractivity contribution in [2.75, 3.05) is 20.2 Å². The van der Waals surface area contributed by atoms with E-state index in [-0.39, 0.29) is 24.2 Å². The lowest BCUT2D eigenvalue weighted by molar-refractivity contribution is -0.141. The van der Waals surface area contributed by atoms with Gasteiger partial charge in [0.25, 0.3) is 5.91 Å². The van der Waals surface area contributed by atoms with E-state index in [1.807, 2.05) is 6.07 Å². The summed E-state index contributed by atoms with van der Waals surface area (Å²) in [6.07, 6.45) is 0. The van der Waals surface area contributed by atoms with Crippen LogP contribution in [0.5, 0.6) is 5.75 Å². The largest absolute Gasteiger partial charge is 0.497 e. The zero-order valence-corrected chi connectivity index (χ0v) is 14.6. The molecule has 3 rings (SSSR count). The molecule has 0 bridgehead atoms. The fraction of sp³-hybridized carbons (Fsp3) is 0.300. The van der Waals surface area contributed by atoms with Gasteiger partial charge in [-0.15, -0.1) is 0 Å². The van der Waals surface area contributed by atoms with Gasteiger partial charge in [-0.1, -0.05) is 12.1 Å². The molecule has 0 unspecified atom stereocenters. The lowest BCUT2D eigenvalue weighted by Crippen LogP contribution is -2.30. The minimum atomic E-state index is -0.941. The number of amides is 1. The summed E-state index contributed by atoms with van der Waals surface area (Å²) in [5.74, 6) is -1.99. The second-order valence-corrected chi connectivity index (χ2v) is 6.50. The number of rotatable bonds is 4. The molecule has 1 fully saturated rings. The van der Waals surface area contributed by atoms with E-state index in [1.54, 1.807) is 32.2 Å². The number of ether oxygens (including phenoxy) is 1. The highest BCUT2D eigenvalue weighted by Crippen LogP contribution is 2.35. The number of hydrogen-bond acceptors (Lipinski definition) is 3. The Balaban J connectivity index is 1.87. The van der Waals surface area contributed by atoms with Crippen molar-refractivity contribution in [3.8, 4) is 5.75 Å². The third-order valence-corrected chi connectivity index (χ3v) is 4.85. The van der Waals surface area contributed by atoms with Crippen LogP contribution in [0.15, 0.2) is 42.5 Å². The molecule has 2 aromatic carbocycles. The van der Waals surface area contributed by atoms with Crippen molar-refractivity contribution in [1.82, 2.24) is 4.90 Å². The number of carboxylic acid groups (broad SMARTS) is 1. The maximum absolute atomic E-state index is 13.4. The van der Waals surface area contributed by atoms with Gasteiger partial charge in [-0.3, -0.25) is 9.59 Å². The second-order valence-electron chi connectivity index (χ2n) is 6.50. The van der Waals surface area contributed by atoms with Gasteiger partial charge in [0.2, 0.25) is 0 Å². The van der Waals surface area contributed by atoms with Crippen molar-refractivity contribution in [2.24, 2.45) is 5.92 Å². The van der Waals surface area contributed by atoms with Gasteiger partial charge in [-0.25, -0.2) is 4.39 Å². The molecule has 1 heterocycles. The number of benzene rings is 2. The van der Waals surface area contributed by atoms with Gasteiger partial charge in [-0.2, -0.15) is 0 Å². The summed E-state index contributed by atoms with van der Waals surface area (Å²) in [6, 6.07) is 11.4. The fourth-order valence-corrected chi connectivity index (χ4v) is 3.39. The van der Waals surface area contributed by atoms with E-state index in [0.29, 0.717) is 23.4 Å². The first-order valence-corrected chi connectivity index (χ1v) is 8.33. The van der Waals surface area contributed by atoms with Gasteiger partial charge >= 0.3 is 5.97 Å². The number of carboxylic acids is 1. The molecule has 6 heteroatoms. The summed E-state index contributed by atoms with van der Waals surface area (Å²) in [5, 5.41) is 9.60. The number of hydrogen-bond donors (Lipinski definition) is 1. The van der Waals surface area contributed by atoms with E-state index in [1.165, 1.54) is 23.1 Å². The molecule has 2 aromatic rings. The molecule has 1 aliphatic heterocycles. The van der Waals surface area contributed by atoms with Crippen molar-refractivity contribution in [1.29, 1.82) is 0 Å². The molecule has 0 aromatic heterocycles. The number of carbonyl (C=O) groups excluding carboxylic acids is 1. The first-order chi connectivity index (χ1) is 12.4. The zero-order chi connectivity index (χ0) is 18.8. The van der Waals surface area contributed by atoms with E-state index in [0.717, 1.165) is 5.56 Å². The van der Waals surface area contributed by atoms with E-state index in [4.69, 9.17) is 4.74 Å². The Hall–Kier alpha value is -2.89. The molecule has 2 atom stereocenters. The normalized spacial score (nSPS) is 19.4. The Morgan fingerprint density at radius 3 is 2.62 bits per heavy atom. The monoisotopic (exact) mass is 357 g/mol. The van der Waals surface area contributed by atoms with Crippen LogP contribution in [0.2, 0.25) is 0 Å². The molecule has 0 spiro atoms. The second kappa shape index (κ2) is 7.15. The highest BCUT2D eigenvalue weighted by atomic mass is 19.1. The van der Waals surface area contributed by atoms with Crippen LogP contribution in [-0.2, 0) is 4.79 Å². The minimum Gasteiger partial charge on any atom is -0.497 e. The van der Waals surface area contributed by atoms with Gasteiger partial charge in [0, 0.05) is 24.6 Å². The zero-order valence-electron chi connectivity index (χ0n) is 14.6. The van der Waals surface area contributed by atoms with Crippen LogP contribution in [0.4, 0.5) is 4.39 Å². The summed E-state index contributed by atoms with van der Waals surface area (Å²) < 4.78 is 18.7. The molecule has 0 radical (unpaired) electrons. The van der Waals surface area contributed by atoms with Crippen LogP contribution in [0.25, 0.3) is 0 Å². The van der Waals surface area contributed by atoms with Gasteiger partial charge in [0.05, 0.1) is 13.0 Å². The molecule has 1 N–H and O–H groups in total. The average Bonchev–Trinajstić information content (AvgIpc) is 3.09. The standard InChI is InChI=1S/C20H20FNO4/c1-12-8-14(6-7-18(12)21)19(23)22-10-16(17(11-22)20(24)25)13-4-3-5-15(9-13)26-2/h3-9,16-17H,10-11H2,1-2H3,(H,24,25)/t16-,17+/m0/s1.